The highest BCUT2D eigenvalue weighted by Crippen LogP contribution is 2.11. The van der Waals surface area contributed by atoms with Crippen LogP contribution in [0.3, 0.4) is 0 Å². The van der Waals surface area contributed by atoms with Gasteiger partial charge in [0, 0.05) is 13.1 Å². The summed E-state index contributed by atoms with van der Waals surface area (Å²) in [4.78, 5) is 25.9. The molecule has 120 valence electrons. The lowest BCUT2D eigenvalue weighted by atomic mass is 10.2. The highest BCUT2D eigenvalue weighted by Gasteiger charge is 2.11. The standard InChI is InChI=1S/C14H26N4O2S/c1-3-4-9-18-12(15)11(13(19)17-14(18)20)16-8-6-5-7-10-21-2/h16H,3-10,15H2,1-2H3,(H,17,19,20). The first-order valence-electron chi connectivity index (χ1n) is 7.47. The van der Waals surface area contributed by atoms with Gasteiger partial charge in [-0.1, -0.05) is 19.8 Å². The van der Waals surface area contributed by atoms with E-state index in [1.807, 2.05) is 18.7 Å². The van der Waals surface area contributed by atoms with Crippen molar-refractivity contribution in [2.24, 2.45) is 0 Å². The molecular weight excluding hydrogens is 288 g/mol. The lowest BCUT2D eigenvalue weighted by Crippen LogP contribution is -2.34. The Morgan fingerprint density at radius 1 is 1.24 bits per heavy atom. The van der Waals surface area contributed by atoms with Crippen molar-refractivity contribution in [3.05, 3.63) is 20.8 Å². The van der Waals surface area contributed by atoms with Crippen LogP contribution in [-0.2, 0) is 6.54 Å². The quantitative estimate of drug-likeness (QED) is 0.573. The van der Waals surface area contributed by atoms with Crippen LogP contribution in [0.4, 0.5) is 11.5 Å². The SMILES string of the molecule is CCCCn1c(N)c(NCCCCCSC)c(=O)[nH]c1=O. The number of hydrogen-bond acceptors (Lipinski definition) is 5. The summed E-state index contributed by atoms with van der Waals surface area (Å²) in [6.45, 7) is 3.26. The number of H-pyrrole nitrogens is 1. The highest BCUT2D eigenvalue weighted by atomic mass is 32.2. The van der Waals surface area contributed by atoms with Crippen molar-refractivity contribution in [2.45, 2.75) is 45.6 Å². The summed E-state index contributed by atoms with van der Waals surface area (Å²) in [6.07, 6.45) is 7.17. The monoisotopic (exact) mass is 314 g/mol. The van der Waals surface area contributed by atoms with Crippen LogP contribution >= 0.6 is 11.8 Å². The Bertz CT molecular complexity index is 539. The van der Waals surface area contributed by atoms with Gasteiger partial charge in [-0.15, -0.1) is 0 Å². The van der Waals surface area contributed by atoms with Crippen LogP contribution in [0.15, 0.2) is 9.59 Å². The zero-order valence-corrected chi connectivity index (χ0v) is 13.7. The van der Waals surface area contributed by atoms with E-state index in [1.165, 1.54) is 11.0 Å². The van der Waals surface area contributed by atoms with E-state index in [9.17, 15) is 9.59 Å². The summed E-state index contributed by atoms with van der Waals surface area (Å²) >= 11 is 1.84. The molecule has 0 spiro atoms. The van der Waals surface area contributed by atoms with E-state index < -0.39 is 11.2 Å². The molecule has 0 radical (unpaired) electrons. The van der Waals surface area contributed by atoms with Crippen LogP contribution in [0, 0.1) is 0 Å². The fourth-order valence-electron chi connectivity index (χ4n) is 2.06. The summed E-state index contributed by atoms with van der Waals surface area (Å²) in [5.41, 5.74) is 5.41. The van der Waals surface area contributed by atoms with Crippen molar-refractivity contribution < 1.29 is 0 Å². The van der Waals surface area contributed by atoms with Crippen molar-refractivity contribution in [2.75, 3.05) is 29.6 Å². The third-order valence-corrected chi connectivity index (χ3v) is 4.00. The van der Waals surface area contributed by atoms with Crippen LogP contribution in [0.1, 0.15) is 39.0 Å². The lowest BCUT2D eigenvalue weighted by Gasteiger charge is -2.13. The van der Waals surface area contributed by atoms with Crippen LogP contribution in [-0.4, -0.2) is 28.1 Å². The minimum atomic E-state index is -0.436. The van der Waals surface area contributed by atoms with E-state index in [-0.39, 0.29) is 5.82 Å². The van der Waals surface area contributed by atoms with Gasteiger partial charge in [-0.3, -0.25) is 14.3 Å². The molecular formula is C14H26N4O2S. The fraction of sp³-hybridized carbons (Fsp3) is 0.714. The molecule has 0 aliphatic heterocycles. The van der Waals surface area contributed by atoms with E-state index >= 15 is 0 Å². The van der Waals surface area contributed by atoms with E-state index in [1.54, 1.807) is 0 Å². The maximum atomic E-state index is 11.8. The summed E-state index contributed by atoms with van der Waals surface area (Å²) in [5, 5.41) is 3.07. The predicted octanol–water partition coefficient (Wildman–Crippen LogP) is 1.86. The number of aromatic amines is 1. The summed E-state index contributed by atoms with van der Waals surface area (Å²) in [7, 11) is 0. The predicted molar refractivity (Wildman–Crippen MR) is 91.4 cm³/mol. The molecule has 0 unspecified atom stereocenters. The Hall–Kier alpha value is -1.37. The molecule has 0 aliphatic rings. The highest BCUT2D eigenvalue weighted by molar-refractivity contribution is 7.98. The second-order valence-corrected chi connectivity index (χ2v) is 5.99. The zero-order chi connectivity index (χ0) is 15.7. The molecule has 1 aromatic heterocycles. The maximum absolute atomic E-state index is 11.8. The maximum Gasteiger partial charge on any atom is 0.330 e. The molecule has 0 atom stereocenters. The van der Waals surface area contributed by atoms with Gasteiger partial charge in [0.05, 0.1) is 0 Å². The molecule has 0 aromatic carbocycles. The topological polar surface area (TPSA) is 92.9 Å². The van der Waals surface area contributed by atoms with Crippen LogP contribution in [0.5, 0.6) is 0 Å². The average Bonchev–Trinajstić information content (AvgIpc) is 2.45. The molecule has 0 fully saturated rings. The molecule has 4 N–H and O–H groups in total. The minimum absolute atomic E-state index is 0.237. The van der Waals surface area contributed by atoms with E-state index in [0.717, 1.165) is 31.4 Å². The van der Waals surface area contributed by atoms with Gasteiger partial charge in [0.1, 0.15) is 11.5 Å². The number of hydrogen-bond donors (Lipinski definition) is 3. The number of nitrogens with two attached hydrogens (primary N) is 1. The van der Waals surface area contributed by atoms with Crippen molar-refractivity contribution in [3.63, 3.8) is 0 Å². The Balaban J connectivity index is 2.68. The fourth-order valence-corrected chi connectivity index (χ4v) is 2.55. The number of nitrogen functional groups attached to an aromatic ring is 1. The van der Waals surface area contributed by atoms with Crippen LogP contribution in [0.25, 0.3) is 0 Å². The van der Waals surface area contributed by atoms with Gasteiger partial charge in [0.25, 0.3) is 5.56 Å². The molecule has 0 bridgehead atoms. The van der Waals surface area contributed by atoms with Gasteiger partial charge in [0.2, 0.25) is 0 Å². The summed E-state index contributed by atoms with van der Waals surface area (Å²) in [6, 6.07) is 0. The third-order valence-electron chi connectivity index (χ3n) is 3.30. The normalized spacial score (nSPS) is 10.8. The minimum Gasteiger partial charge on any atom is -0.383 e. The third kappa shape index (κ3) is 5.49. The molecule has 0 saturated carbocycles. The van der Waals surface area contributed by atoms with Crippen molar-refractivity contribution in [1.29, 1.82) is 0 Å². The first-order chi connectivity index (χ1) is 10.1. The van der Waals surface area contributed by atoms with Crippen LogP contribution in [0.2, 0.25) is 0 Å². The molecule has 21 heavy (non-hydrogen) atoms. The van der Waals surface area contributed by atoms with Crippen LogP contribution < -0.4 is 22.3 Å². The van der Waals surface area contributed by atoms with E-state index in [4.69, 9.17) is 5.73 Å². The molecule has 1 heterocycles. The molecule has 0 amide bonds. The van der Waals surface area contributed by atoms with Gasteiger partial charge in [-0.25, -0.2) is 4.79 Å². The Labute approximate surface area is 129 Å². The lowest BCUT2D eigenvalue weighted by molar-refractivity contribution is 0.605. The molecule has 0 aliphatic carbocycles. The molecule has 7 heteroatoms. The summed E-state index contributed by atoms with van der Waals surface area (Å²) < 4.78 is 1.43. The average molecular weight is 314 g/mol. The molecule has 1 aromatic rings. The Morgan fingerprint density at radius 2 is 2.00 bits per heavy atom. The number of nitrogens with one attached hydrogen (secondary N) is 2. The van der Waals surface area contributed by atoms with Crippen molar-refractivity contribution in [1.82, 2.24) is 9.55 Å². The largest absolute Gasteiger partial charge is 0.383 e. The molecule has 1 rings (SSSR count). The van der Waals surface area contributed by atoms with Gasteiger partial charge >= 0.3 is 5.69 Å². The first-order valence-corrected chi connectivity index (χ1v) is 8.86. The number of unbranched alkanes of at least 4 members (excludes halogenated alkanes) is 3. The van der Waals surface area contributed by atoms with Gasteiger partial charge in [-0.05, 0) is 31.3 Å². The smallest absolute Gasteiger partial charge is 0.330 e. The number of aromatic nitrogens is 2. The number of anilines is 2. The van der Waals surface area contributed by atoms with Gasteiger partial charge < -0.3 is 11.1 Å². The van der Waals surface area contributed by atoms with Gasteiger partial charge in [-0.2, -0.15) is 11.8 Å². The Kier molecular flexibility index (Phi) is 8.04. The number of nitrogens with zero attached hydrogens (tertiary/aromatic N) is 1. The van der Waals surface area contributed by atoms with Crippen molar-refractivity contribution >= 4 is 23.3 Å². The van der Waals surface area contributed by atoms with Gasteiger partial charge in [0.15, 0.2) is 0 Å². The van der Waals surface area contributed by atoms with Crippen molar-refractivity contribution in [3.8, 4) is 0 Å². The zero-order valence-electron chi connectivity index (χ0n) is 12.9. The van der Waals surface area contributed by atoms with E-state index in [0.29, 0.717) is 18.8 Å². The second-order valence-electron chi connectivity index (χ2n) is 5.00. The summed E-state index contributed by atoms with van der Waals surface area (Å²) in [5.74, 6) is 1.39. The first kappa shape index (κ1) is 17.7. The Morgan fingerprint density at radius 3 is 2.67 bits per heavy atom. The number of rotatable bonds is 10. The van der Waals surface area contributed by atoms with E-state index in [2.05, 4.69) is 16.6 Å². The second kappa shape index (κ2) is 9.55. The molecule has 6 nitrogen and oxygen atoms in total. The number of thioether (sulfide) groups is 1. The molecule has 0 saturated heterocycles.